The lowest BCUT2D eigenvalue weighted by molar-refractivity contribution is -0.310. The van der Waals surface area contributed by atoms with E-state index >= 15 is 0 Å². The van der Waals surface area contributed by atoms with Crippen molar-refractivity contribution in [2.24, 2.45) is 0 Å². The first-order valence-electron chi connectivity index (χ1n) is 11.6. The van der Waals surface area contributed by atoms with Crippen molar-refractivity contribution in [3.05, 3.63) is 29.8 Å². The van der Waals surface area contributed by atoms with E-state index < -0.39 is 39.0 Å². The molecular weight excluding hydrogens is 444 g/mol. The lowest BCUT2D eigenvalue weighted by Gasteiger charge is -2.43. The molecule has 33 heavy (non-hydrogen) atoms. The van der Waals surface area contributed by atoms with Crippen LogP contribution in [0.25, 0.3) is 0 Å². The standard InChI is InChI=1S/C24H42O8Si/c1-16(12-13-29-14-17-8-10-18(28-5)11-9-17)31-23-22(27)21(26)20(25)19(32-23)15-30-33(6,7)24(2,3)4/h8-11,16,19-23,25-27H,12-15H2,1-7H3. The van der Waals surface area contributed by atoms with Gasteiger partial charge in [-0.1, -0.05) is 32.9 Å². The lowest BCUT2D eigenvalue weighted by Crippen LogP contribution is -2.60. The molecule has 3 N–H and O–H groups in total. The summed E-state index contributed by atoms with van der Waals surface area (Å²) in [5.74, 6) is 0.798. The summed E-state index contributed by atoms with van der Waals surface area (Å²) in [7, 11) is -0.438. The molecule has 0 aliphatic carbocycles. The highest BCUT2D eigenvalue weighted by Crippen LogP contribution is 2.37. The molecule has 0 spiro atoms. The van der Waals surface area contributed by atoms with Crippen LogP contribution in [0.5, 0.6) is 5.75 Å². The van der Waals surface area contributed by atoms with Gasteiger partial charge in [0.05, 0.1) is 26.4 Å². The minimum atomic E-state index is -2.07. The summed E-state index contributed by atoms with van der Waals surface area (Å²) >= 11 is 0. The van der Waals surface area contributed by atoms with Crippen molar-refractivity contribution in [2.45, 2.75) is 95.7 Å². The summed E-state index contributed by atoms with van der Waals surface area (Å²) in [6.07, 6.45) is -5.55. The van der Waals surface area contributed by atoms with Crippen molar-refractivity contribution in [1.82, 2.24) is 0 Å². The lowest BCUT2D eigenvalue weighted by atomic mass is 9.99. The molecular formula is C24H42O8Si. The van der Waals surface area contributed by atoms with Crippen LogP contribution in [-0.4, -0.2) is 80.8 Å². The zero-order valence-corrected chi connectivity index (χ0v) is 22.0. The number of hydrogen-bond donors (Lipinski definition) is 3. The van der Waals surface area contributed by atoms with Crippen LogP contribution >= 0.6 is 0 Å². The van der Waals surface area contributed by atoms with E-state index in [0.29, 0.717) is 19.6 Å². The second kappa shape index (κ2) is 12.1. The monoisotopic (exact) mass is 486 g/mol. The molecule has 0 saturated carbocycles. The second-order valence-corrected chi connectivity index (χ2v) is 15.0. The number of rotatable bonds is 11. The van der Waals surface area contributed by atoms with Gasteiger partial charge in [0.2, 0.25) is 0 Å². The molecule has 190 valence electrons. The van der Waals surface area contributed by atoms with Crippen molar-refractivity contribution < 1.29 is 38.7 Å². The van der Waals surface area contributed by atoms with E-state index in [-0.39, 0.29) is 17.7 Å². The first-order valence-corrected chi connectivity index (χ1v) is 14.5. The Kier molecular flexibility index (Phi) is 10.3. The Morgan fingerprint density at radius 1 is 1.03 bits per heavy atom. The van der Waals surface area contributed by atoms with Crippen LogP contribution in [0.15, 0.2) is 24.3 Å². The maximum absolute atomic E-state index is 10.4. The number of benzene rings is 1. The minimum absolute atomic E-state index is 0.000975. The average molecular weight is 487 g/mol. The predicted octanol–water partition coefficient (Wildman–Crippen LogP) is 2.84. The summed E-state index contributed by atoms with van der Waals surface area (Å²) in [6.45, 7) is 13.5. The van der Waals surface area contributed by atoms with Gasteiger partial charge in [-0.3, -0.25) is 0 Å². The van der Waals surface area contributed by atoms with Gasteiger partial charge >= 0.3 is 0 Å². The van der Waals surface area contributed by atoms with Crippen molar-refractivity contribution >= 4 is 8.32 Å². The van der Waals surface area contributed by atoms with Crippen LogP contribution < -0.4 is 4.74 Å². The van der Waals surface area contributed by atoms with Crippen LogP contribution in [-0.2, 0) is 25.2 Å². The number of aliphatic hydroxyl groups is 3. The molecule has 9 heteroatoms. The summed E-state index contributed by atoms with van der Waals surface area (Å²) < 4.78 is 28.7. The fourth-order valence-electron chi connectivity index (χ4n) is 3.13. The average Bonchev–Trinajstić information content (AvgIpc) is 2.76. The van der Waals surface area contributed by atoms with E-state index in [0.717, 1.165) is 11.3 Å². The summed E-state index contributed by atoms with van der Waals surface area (Å²) in [6, 6.07) is 7.67. The zero-order valence-electron chi connectivity index (χ0n) is 21.0. The largest absolute Gasteiger partial charge is 0.497 e. The number of methoxy groups -OCH3 is 1. The quantitative estimate of drug-likeness (QED) is 0.324. The van der Waals surface area contributed by atoms with Gasteiger partial charge < -0.3 is 38.7 Å². The third kappa shape index (κ3) is 8.00. The fraction of sp³-hybridized carbons (Fsp3) is 0.750. The molecule has 1 saturated heterocycles. The highest BCUT2D eigenvalue weighted by molar-refractivity contribution is 6.74. The van der Waals surface area contributed by atoms with Crippen molar-refractivity contribution in [1.29, 1.82) is 0 Å². The third-order valence-corrected chi connectivity index (χ3v) is 11.0. The van der Waals surface area contributed by atoms with Gasteiger partial charge in [0, 0.05) is 6.61 Å². The van der Waals surface area contributed by atoms with Crippen molar-refractivity contribution in [2.75, 3.05) is 20.3 Å². The third-order valence-electron chi connectivity index (χ3n) is 6.55. The zero-order chi connectivity index (χ0) is 24.8. The van der Waals surface area contributed by atoms with E-state index in [2.05, 4.69) is 33.9 Å². The Morgan fingerprint density at radius 3 is 2.24 bits per heavy atom. The van der Waals surface area contributed by atoms with E-state index in [1.807, 2.05) is 31.2 Å². The Balaban J connectivity index is 1.82. The van der Waals surface area contributed by atoms with Crippen molar-refractivity contribution in [3.8, 4) is 5.75 Å². The smallest absolute Gasteiger partial charge is 0.192 e. The Morgan fingerprint density at radius 2 is 1.67 bits per heavy atom. The number of hydrogen-bond acceptors (Lipinski definition) is 8. The maximum atomic E-state index is 10.4. The molecule has 1 aliphatic rings. The van der Waals surface area contributed by atoms with E-state index in [9.17, 15) is 15.3 Å². The Bertz CT molecular complexity index is 705. The summed E-state index contributed by atoms with van der Waals surface area (Å²) in [5, 5.41) is 31.1. The van der Waals surface area contributed by atoms with E-state index in [1.54, 1.807) is 7.11 Å². The molecule has 1 aromatic carbocycles. The molecule has 0 radical (unpaired) electrons. The summed E-state index contributed by atoms with van der Waals surface area (Å²) in [4.78, 5) is 0. The highest BCUT2D eigenvalue weighted by atomic mass is 28.4. The Labute approximate surface area is 198 Å². The molecule has 0 bridgehead atoms. The van der Waals surface area contributed by atoms with Gasteiger partial charge in [-0.2, -0.15) is 0 Å². The topological polar surface area (TPSA) is 107 Å². The van der Waals surface area contributed by atoms with Crippen LogP contribution in [0.2, 0.25) is 18.1 Å². The first kappa shape index (κ1) is 28.2. The van der Waals surface area contributed by atoms with Crippen LogP contribution in [0, 0.1) is 0 Å². The van der Waals surface area contributed by atoms with Gasteiger partial charge in [0.1, 0.15) is 30.2 Å². The predicted molar refractivity (Wildman–Crippen MR) is 128 cm³/mol. The molecule has 0 aromatic heterocycles. The molecule has 6 atom stereocenters. The summed E-state index contributed by atoms with van der Waals surface area (Å²) in [5.41, 5.74) is 1.04. The minimum Gasteiger partial charge on any atom is -0.497 e. The molecule has 0 amide bonds. The van der Waals surface area contributed by atoms with Crippen LogP contribution in [0.4, 0.5) is 0 Å². The molecule has 1 aromatic rings. The number of aliphatic hydroxyl groups excluding tert-OH is 3. The molecule has 2 rings (SSSR count). The van der Waals surface area contributed by atoms with Gasteiger partial charge in [-0.25, -0.2) is 0 Å². The second-order valence-electron chi connectivity index (χ2n) is 10.2. The highest BCUT2D eigenvalue weighted by Gasteiger charge is 2.46. The fourth-order valence-corrected chi connectivity index (χ4v) is 4.15. The Hall–Kier alpha value is -1.04. The molecule has 8 nitrogen and oxygen atoms in total. The molecule has 1 fully saturated rings. The first-order chi connectivity index (χ1) is 15.4. The van der Waals surface area contributed by atoms with E-state index in [4.69, 9.17) is 23.4 Å². The van der Waals surface area contributed by atoms with E-state index in [1.165, 1.54) is 0 Å². The van der Waals surface area contributed by atoms with Gasteiger partial charge in [0.25, 0.3) is 0 Å². The molecule has 1 heterocycles. The van der Waals surface area contributed by atoms with Gasteiger partial charge in [-0.15, -0.1) is 0 Å². The molecule has 6 unspecified atom stereocenters. The normalized spacial score (nSPS) is 27.4. The van der Waals surface area contributed by atoms with Crippen LogP contribution in [0.3, 0.4) is 0 Å². The number of ether oxygens (including phenoxy) is 4. The van der Waals surface area contributed by atoms with Gasteiger partial charge in [-0.05, 0) is 49.2 Å². The maximum Gasteiger partial charge on any atom is 0.192 e. The van der Waals surface area contributed by atoms with Gasteiger partial charge in [0.15, 0.2) is 14.6 Å². The van der Waals surface area contributed by atoms with Crippen LogP contribution in [0.1, 0.15) is 39.7 Å². The van der Waals surface area contributed by atoms with Crippen molar-refractivity contribution in [3.63, 3.8) is 0 Å². The molecule has 1 aliphatic heterocycles. The SMILES string of the molecule is COc1ccc(COCCC(C)OC2OC(CO[Si](C)(C)C(C)(C)C)C(O)C(O)C2O)cc1.